The number of benzene rings is 6. The van der Waals surface area contributed by atoms with Crippen molar-refractivity contribution in [1.29, 1.82) is 0 Å². The van der Waals surface area contributed by atoms with E-state index in [9.17, 15) is 19.0 Å². The Morgan fingerprint density at radius 1 is 0.560 bits per heavy atom. The number of hydrogen-bond acceptors (Lipinski definition) is 6. The Labute approximate surface area is 324 Å². The molecule has 12 heteroatoms. The van der Waals surface area contributed by atoms with Crippen molar-refractivity contribution in [2.24, 2.45) is 0 Å². The van der Waals surface area contributed by atoms with Gasteiger partial charge in [0, 0.05) is 46.6 Å². The summed E-state index contributed by atoms with van der Waals surface area (Å²) in [5.74, 6) is -2.11. The van der Waals surface area contributed by atoms with Crippen molar-refractivity contribution in [2.75, 3.05) is 10.6 Å². The topological polar surface area (TPSA) is 64.5 Å². The van der Waals surface area contributed by atoms with Crippen LogP contribution in [0.15, 0.2) is 150 Å². The van der Waals surface area contributed by atoms with E-state index in [0.717, 1.165) is 30.7 Å². The molecule has 50 heavy (non-hydrogen) atoms. The van der Waals surface area contributed by atoms with Gasteiger partial charge in [0.05, 0.1) is 16.4 Å². The lowest BCUT2D eigenvalue weighted by Gasteiger charge is -2.13. The second-order valence-corrected chi connectivity index (χ2v) is 15.5. The third kappa shape index (κ3) is 10.6. The van der Waals surface area contributed by atoms with Gasteiger partial charge in [-0.1, -0.05) is 133 Å². The Morgan fingerprint density at radius 2 is 1.04 bits per heavy atom. The lowest BCUT2D eigenvalue weighted by atomic mass is 10.2. The van der Waals surface area contributed by atoms with Gasteiger partial charge in [0.2, 0.25) is 0 Å². The fourth-order valence-electron chi connectivity index (χ4n) is 4.58. The van der Waals surface area contributed by atoms with Crippen LogP contribution in [0, 0.1) is 11.6 Å². The number of nitrogens with one attached hydrogen (secondary N) is 2. The van der Waals surface area contributed by atoms with Crippen LogP contribution in [0.1, 0.15) is 11.1 Å². The first-order valence-corrected chi connectivity index (χ1v) is 18.9. The lowest BCUT2D eigenvalue weighted by Crippen LogP contribution is -2.02. The van der Waals surface area contributed by atoms with Crippen molar-refractivity contribution in [2.45, 2.75) is 32.7 Å². The largest absolute Gasteiger partial charge is 0.503 e. The van der Waals surface area contributed by atoms with Crippen molar-refractivity contribution in [1.82, 2.24) is 0 Å². The van der Waals surface area contributed by atoms with Crippen LogP contribution in [-0.2, 0) is 13.1 Å². The lowest BCUT2D eigenvalue weighted by molar-refractivity contribution is 0.434. The summed E-state index contributed by atoms with van der Waals surface area (Å²) in [6.07, 6.45) is 0. The maximum absolute atomic E-state index is 13.6. The summed E-state index contributed by atoms with van der Waals surface area (Å²) in [6, 6.07) is 36.8. The quantitative estimate of drug-likeness (QED) is 0.103. The maximum Gasteiger partial charge on any atom is 0.175 e. The summed E-state index contributed by atoms with van der Waals surface area (Å²) in [6.45, 7) is 0.893. The Hall–Kier alpha value is -3.38. The molecule has 4 nitrogen and oxygen atoms in total. The molecule has 0 aliphatic rings. The Kier molecular flexibility index (Phi) is 13.8. The van der Waals surface area contributed by atoms with Crippen LogP contribution in [0.2, 0.25) is 10.0 Å². The molecule has 0 fully saturated rings. The van der Waals surface area contributed by atoms with Crippen LogP contribution in [-0.4, -0.2) is 10.2 Å². The van der Waals surface area contributed by atoms with Gasteiger partial charge in [-0.2, -0.15) is 0 Å². The molecule has 0 saturated carbocycles. The van der Waals surface area contributed by atoms with Gasteiger partial charge in [0.1, 0.15) is 0 Å². The highest BCUT2D eigenvalue weighted by molar-refractivity contribution is 9.10. The number of phenols is 2. The van der Waals surface area contributed by atoms with E-state index in [1.165, 1.54) is 12.1 Å². The van der Waals surface area contributed by atoms with Gasteiger partial charge in [0.15, 0.2) is 23.1 Å². The van der Waals surface area contributed by atoms with E-state index in [1.54, 1.807) is 35.7 Å². The van der Waals surface area contributed by atoms with Gasteiger partial charge < -0.3 is 20.8 Å². The normalized spacial score (nSPS) is 10.7. The van der Waals surface area contributed by atoms with Crippen LogP contribution in [0.25, 0.3) is 0 Å². The van der Waals surface area contributed by atoms with Gasteiger partial charge in [-0.15, -0.1) is 0 Å². The number of halogens is 6. The third-order valence-electron chi connectivity index (χ3n) is 7.02. The molecule has 0 spiro atoms. The first-order chi connectivity index (χ1) is 24.1. The molecular weight excluding hydrogens is 849 g/mol. The molecule has 4 N–H and O–H groups in total. The molecule has 0 radical (unpaired) electrons. The van der Waals surface area contributed by atoms with Crippen LogP contribution >= 0.6 is 78.6 Å². The first-order valence-electron chi connectivity index (χ1n) is 14.9. The van der Waals surface area contributed by atoms with Gasteiger partial charge >= 0.3 is 0 Å². The minimum atomic E-state index is -0.671. The summed E-state index contributed by atoms with van der Waals surface area (Å²) < 4.78 is 28.4. The number of aromatic hydroxyl groups is 2. The average molecular weight is 877 g/mol. The average Bonchev–Trinajstić information content (AvgIpc) is 3.09. The Balaban J connectivity index is 0.000000194. The first kappa shape index (κ1) is 37.9. The van der Waals surface area contributed by atoms with Gasteiger partial charge in [0.25, 0.3) is 0 Å². The fourth-order valence-corrected chi connectivity index (χ4v) is 7.92. The minimum absolute atomic E-state index is 0.337. The highest BCUT2D eigenvalue weighted by atomic mass is 79.9. The van der Waals surface area contributed by atoms with Crippen molar-refractivity contribution >= 4 is 90.0 Å². The minimum Gasteiger partial charge on any atom is -0.503 e. The molecule has 0 aliphatic carbocycles. The van der Waals surface area contributed by atoms with E-state index in [2.05, 4.69) is 42.5 Å². The van der Waals surface area contributed by atoms with Crippen LogP contribution in [0.3, 0.4) is 0 Å². The van der Waals surface area contributed by atoms with E-state index >= 15 is 0 Å². The summed E-state index contributed by atoms with van der Waals surface area (Å²) in [7, 11) is 0. The van der Waals surface area contributed by atoms with Crippen LogP contribution in [0.5, 0.6) is 11.5 Å². The predicted molar refractivity (Wildman–Crippen MR) is 210 cm³/mol. The second kappa shape index (κ2) is 18.2. The van der Waals surface area contributed by atoms with E-state index in [1.807, 2.05) is 97.1 Å². The van der Waals surface area contributed by atoms with Crippen LogP contribution in [0.4, 0.5) is 20.2 Å². The fraction of sp³-hybridized carbons (Fsp3) is 0.0526. The number of rotatable bonds is 10. The van der Waals surface area contributed by atoms with Gasteiger partial charge in [-0.05, 0) is 77.9 Å². The van der Waals surface area contributed by atoms with Crippen molar-refractivity contribution in [3.63, 3.8) is 0 Å². The molecular formula is C38H28Br2Cl2F2N2O2S2. The monoisotopic (exact) mass is 874 g/mol. The molecule has 0 aliphatic heterocycles. The number of anilines is 2. The van der Waals surface area contributed by atoms with Crippen LogP contribution < -0.4 is 10.6 Å². The molecule has 0 bridgehead atoms. The molecule has 0 amide bonds. The zero-order valence-electron chi connectivity index (χ0n) is 25.9. The molecule has 6 aromatic carbocycles. The van der Waals surface area contributed by atoms with Gasteiger partial charge in [-0.3, -0.25) is 0 Å². The summed E-state index contributed by atoms with van der Waals surface area (Å²) in [5, 5.41) is 27.3. The predicted octanol–water partition coefficient (Wildman–Crippen LogP) is 13.4. The zero-order chi connectivity index (χ0) is 35.6. The Bertz CT molecular complexity index is 2110. The van der Waals surface area contributed by atoms with E-state index in [4.69, 9.17) is 23.2 Å². The van der Waals surface area contributed by atoms with Crippen molar-refractivity contribution in [3.05, 3.63) is 163 Å². The number of hydrogen-bond donors (Lipinski definition) is 4. The summed E-state index contributed by atoms with van der Waals surface area (Å²) >= 11 is 21.9. The molecule has 0 saturated heterocycles. The maximum atomic E-state index is 13.6. The van der Waals surface area contributed by atoms with Crippen molar-refractivity contribution in [3.8, 4) is 11.5 Å². The van der Waals surface area contributed by atoms with E-state index in [-0.39, 0.29) is 11.5 Å². The number of phenolic OH excluding ortho intramolecular Hbond substituents is 2. The van der Waals surface area contributed by atoms with Gasteiger partial charge in [-0.25, -0.2) is 8.78 Å². The SMILES string of the molecule is Oc1c(F)cc(Br)cc1NCc1ccccc1Sc1cccc(Cl)c1.Oc1c(F)cc(Br)cc1NCc1ccccc1Sc1ccccc1Cl. The molecule has 6 aromatic rings. The highest BCUT2D eigenvalue weighted by Gasteiger charge is 2.12. The summed E-state index contributed by atoms with van der Waals surface area (Å²) in [5.41, 5.74) is 2.73. The second-order valence-electron chi connectivity index (χ2n) is 10.6. The molecule has 256 valence electrons. The molecule has 0 unspecified atom stereocenters. The van der Waals surface area contributed by atoms with Crippen molar-refractivity contribution < 1.29 is 19.0 Å². The Morgan fingerprint density at radius 3 is 1.56 bits per heavy atom. The molecule has 0 atom stereocenters. The standard InChI is InChI=1S/2C19H14BrClFNOS/c20-13-9-15(22)19(24)16(10-13)23-11-12-5-1-3-7-17(12)25-18-8-4-2-6-14(18)21;20-13-8-16(22)19(24)17(9-13)23-11-12-4-1-2-7-18(12)25-15-6-3-5-14(21)10-15/h2*1-10,23-24H,11H2. The van der Waals surface area contributed by atoms with E-state index < -0.39 is 11.6 Å². The third-order valence-corrected chi connectivity index (χ3v) is 10.9. The summed E-state index contributed by atoms with van der Waals surface area (Å²) in [4.78, 5) is 4.11. The van der Waals surface area contributed by atoms with E-state index in [0.29, 0.717) is 43.5 Å². The molecule has 6 rings (SSSR count). The highest BCUT2D eigenvalue weighted by Crippen LogP contribution is 2.37. The molecule has 0 aromatic heterocycles. The zero-order valence-corrected chi connectivity index (χ0v) is 32.3. The smallest absolute Gasteiger partial charge is 0.175 e. The molecule has 0 heterocycles.